The van der Waals surface area contributed by atoms with Crippen LogP contribution in [0.5, 0.6) is 0 Å². The maximum absolute atomic E-state index is 12.8. The Morgan fingerprint density at radius 3 is 2.52 bits per heavy atom. The first-order chi connectivity index (χ1) is 10.1. The number of hydrogen-bond donors (Lipinski definition) is 1. The van der Waals surface area contributed by atoms with Gasteiger partial charge in [-0.1, -0.05) is 12.8 Å². The van der Waals surface area contributed by atoms with Gasteiger partial charge < -0.3 is 5.32 Å². The molecule has 1 N–H and O–H groups in total. The molecule has 0 bridgehead atoms. The standard InChI is InChI=1S/C14H21BrN2O2S2/c15-14-13(9-12(20-14)10-16-11-5-6-11)21(18,19)17-7-3-1-2-4-8-17/h9,11,16H,1-8,10H2. The molecule has 0 aromatic carbocycles. The molecule has 1 aliphatic carbocycles. The summed E-state index contributed by atoms with van der Waals surface area (Å²) in [7, 11) is -3.35. The summed E-state index contributed by atoms with van der Waals surface area (Å²) in [5, 5.41) is 3.44. The summed E-state index contributed by atoms with van der Waals surface area (Å²) in [5.74, 6) is 0. The molecule has 21 heavy (non-hydrogen) atoms. The van der Waals surface area contributed by atoms with E-state index in [-0.39, 0.29) is 0 Å². The SMILES string of the molecule is O=S(=O)(c1cc(CNC2CC2)sc1Br)N1CCCCCC1. The van der Waals surface area contributed by atoms with Gasteiger partial charge in [0.15, 0.2) is 0 Å². The average molecular weight is 393 g/mol. The van der Waals surface area contributed by atoms with E-state index < -0.39 is 10.0 Å². The van der Waals surface area contributed by atoms with Gasteiger partial charge in [-0.25, -0.2) is 8.42 Å². The minimum Gasteiger partial charge on any atom is -0.309 e. The third-order valence-electron chi connectivity index (χ3n) is 4.03. The molecule has 3 rings (SSSR count). The first-order valence-electron chi connectivity index (χ1n) is 7.59. The Balaban J connectivity index is 1.76. The number of hydrogen-bond acceptors (Lipinski definition) is 4. The van der Waals surface area contributed by atoms with Crippen LogP contribution in [-0.2, 0) is 16.6 Å². The Labute approximate surface area is 139 Å². The fraction of sp³-hybridized carbons (Fsp3) is 0.714. The van der Waals surface area contributed by atoms with Gasteiger partial charge in [-0.2, -0.15) is 4.31 Å². The van der Waals surface area contributed by atoms with Crippen molar-refractivity contribution in [2.45, 2.75) is 56.0 Å². The highest BCUT2D eigenvalue weighted by atomic mass is 79.9. The Morgan fingerprint density at radius 2 is 1.90 bits per heavy atom. The van der Waals surface area contributed by atoms with Crippen molar-refractivity contribution in [3.8, 4) is 0 Å². The van der Waals surface area contributed by atoms with Crippen molar-refractivity contribution < 1.29 is 8.42 Å². The van der Waals surface area contributed by atoms with Crippen LogP contribution < -0.4 is 5.32 Å². The minimum absolute atomic E-state index is 0.446. The van der Waals surface area contributed by atoms with Crippen molar-refractivity contribution in [2.75, 3.05) is 13.1 Å². The number of halogens is 1. The average Bonchev–Trinajstić information content (AvgIpc) is 3.23. The zero-order chi connectivity index (χ0) is 14.9. The first-order valence-corrected chi connectivity index (χ1v) is 10.6. The summed E-state index contributed by atoms with van der Waals surface area (Å²) in [4.78, 5) is 1.53. The van der Waals surface area contributed by atoms with Crippen molar-refractivity contribution in [2.24, 2.45) is 0 Å². The quantitative estimate of drug-likeness (QED) is 0.835. The van der Waals surface area contributed by atoms with Gasteiger partial charge >= 0.3 is 0 Å². The van der Waals surface area contributed by atoms with Crippen LogP contribution in [0, 0.1) is 0 Å². The highest BCUT2D eigenvalue weighted by Gasteiger charge is 2.29. The van der Waals surface area contributed by atoms with E-state index in [9.17, 15) is 8.42 Å². The van der Waals surface area contributed by atoms with Crippen molar-refractivity contribution in [1.82, 2.24) is 9.62 Å². The summed E-state index contributed by atoms with van der Waals surface area (Å²) >= 11 is 4.98. The molecule has 1 saturated heterocycles. The van der Waals surface area contributed by atoms with E-state index in [4.69, 9.17) is 0 Å². The Morgan fingerprint density at radius 1 is 1.24 bits per heavy atom. The molecule has 0 atom stereocenters. The third-order valence-corrected chi connectivity index (χ3v) is 8.18. The fourth-order valence-electron chi connectivity index (χ4n) is 2.61. The monoisotopic (exact) mass is 392 g/mol. The first kappa shape index (κ1) is 15.9. The summed E-state index contributed by atoms with van der Waals surface area (Å²) in [5.41, 5.74) is 0. The van der Waals surface area contributed by atoms with Crippen LogP contribution in [0.25, 0.3) is 0 Å². The van der Waals surface area contributed by atoms with Crippen molar-refractivity contribution in [3.05, 3.63) is 14.7 Å². The zero-order valence-corrected chi connectivity index (χ0v) is 15.2. The van der Waals surface area contributed by atoms with E-state index in [0.717, 1.165) is 40.9 Å². The topological polar surface area (TPSA) is 49.4 Å². The Hall–Kier alpha value is 0.0500. The van der Waals surface area contributed by atoms with Gasteiger partial charge in [0.1, 0.15) is 4.90 Å². The molecule has 118 valence electrons. The van der Waals surface area contributed by atoms with Gasteiger partial charge in [-0.05, 0) is 47.7 Å². The Bertz CT molecular complexity index is 588. The molecule has 7 heteroatoms. The molecule has 2 aliphatic rings. The summed E-state index contributed by atoms with van der Waals surface area (Å²) in [6, 6.07) is 2.47. The molecular weight excluding hydrogens is 372 g/mol. The fourth-order valence-corrected chi connectivity index (χ4v) is 6.71. The van der Waals surface area contributed by atoms with Gasteiger partial charge in [-0.15, -0.1) is 11.3 Å². The molecule has 0 spiro atoms. The molecule has 4 nitrogen and oxygen atoms in total. The normalized spacial score (nSPS) is 21.4. The van der Waals surface area contributed by atoms with E-state index in [2.05, 4.69) is 21.2 Å². The van der Waals surface area contributed by atoms with E-state index in [1.54, 1.807) is 4.31 Å². The summed E-state index contributed by atoms with van der Waals surface area (Å²) in [6.07, 6.45) is 6.69. The smallest absolute Gasteiger partial charge is 0.245 e. The molecule has 0 radical (unpaired) electrons. The molecule has 0 unspecified atom stereocenters. The molecule has 1 aromatic heterocycles. The Kier molecular flexibility index (Phi) is 5.05. The van der Waals surface area contributed by atoms with Crippen molar-refractivity contribution in [1.29, 1.82) is 0 Å². The molecule has 2 fully saturated rings. The number of nitrogens with one attached hydrogen (secondary N) is 1. The second-order valence-corrected chi connectivity index (χ2v) is 10.2. The van der Waals surface area contributed by atoms with Crippen molar-refractivity contribution >= 4 is 37.3 Å². The molecule has 2 heterocycles. The van der Waals surface area contributed by atoms with Crippen LogP contribution in [0.1, 0.15) is 43.4 Å². The number of rotatable bonds is 5. The van der Waals surface area contributed by atoms with Crippen LogP contribution in [-0.4, -0.2) is 31.9 Å². The molecular formula is C14H21BrN2O2S2. The van der Waals surface area contributed by atoms with Crippen LogP contribution in [0.3, 0.4) is 0 Å². The highest BCUT2D eigenvalue weighted by Crippen LogP contribution is 2.34. The second kappa shape index (κ2) is 6.66. The molecule has 1 saturated carbocycles. The van der Waals surface area contributed by atoms with Crippen LogP contribution in [0.4, 0.5) is 0 Å². The lowest BCUT2D eigenvalue weighted by Crippen LogP contribution is -2.31. The van der Waals surface area contributed by atoms with Gasteiger partial charge in [0.25, 0.3) is 0 Å². The maximum Gasteiger partial charge on any atom is 0.245 e. The lowest BCUT2D eigenvalue weighted by atomic mass is 10.2. The van der Waals surface area contributed by atoms with Crippen molar-refractivity contribution in [3.63, 3.8) is 0 Å². The number of thiophene rings is 1. The van der Waals surface area contributed by atoms with Crippen LogP contribution >= 0.6 is 27.3 Å². The molecule has 1 aromatic rings. The van der Waals surface area contributed by atoms with Gasteiger partial charge in [0.2, 0.25) is 10.0 Å². The van der Waals surface area contributed by atoms with Gasteiger partial charge in [0.05, 0.1) is 3.79 Å². The minimum atomic E-state index is -3.35. The molecule has 1 aliphatic heterocycles. The maximum atomic E-state index is 12.8. The number of sulfonamides is 1. The van der Waals surface area contributed by atoms with E-state index in [1.165, 1.54) is 24.2 Å². The summed E-state index contributed by atoms with van der Waals surface area (Å²) < 4.78 is 28.0. The predicted molar refractivity (Wildman–Crippen MR) is 89.1 cm³/mol. The van der Waals surface area contributed by atoms with E-state index in [0.29, 0.717) is 24.0 Å². The van der Waals surface area contributed by atoms with Crippen LogP contribution in [0.2, 0.25) is 0 Å². The lowest BCUT2D eigenvalue weighted by molar-refractivity contribution is 0.423. The van der Waals surface area contributed by atoms with Crippen LogP contribution in [0.15, 0.2) is 14.7 Å². The highest BCUT2D eigenvalue weighted by molar-refractivity contribution is 9.11. The third kappa shape index (κ3) is 3.88. The van der Waals surface area contributed by atoms with Gasteiger partial charge in [-0.3, -0.25) is 0 Å². The molecule has 0 amide bonds. The largest absolute Gasteiger partial charge is 0.309 e. The predicted octanol–water partition coefficient (Wildman–Crippen LogP) is 3.33. The summed E-state index contributed by atoms with van der Waals surface area (Å²) in [6.45, 7) is 2.07. The lowest BCUT2D eigenvalue weighted by Gasteiger charge is -2.19. The van der Waals surface area contributed by atoms with Gasteiger partial charge in [0, 0.05) is 30.6 Å². The second-order valence-electron chi connectivity index (χ2n) is 5.82. The zero-order valence-electron chi connectivity index (χ0n) is 12.0. The number of nitrogens with zero attached hydrogens (tertiary/aromatic N) is 1. The van der Waals surface area contributed by atoms with E-state index in [1.807, 2.05) is 6.07 Å². The van der Waals surface area contributed by atoms with E-state index >= 15 is 0 Å².